The molecule has 0 saturated carbocycles. The molecule has 3 N–H and O–H groups in total. The number of methoxy groups -OCH3 is 1. The van der Waals surface area contributed by atoms with Crippen molar-refractivity contribution >= 4 is 68.5 Å². The van der Waals surface area contributed by atoms with Gasteiger partial charge in [0.2, 0.25) is 0 Å². The summed E-state index contributed by atoms with van der Waals surface area (Å²) in [7, 11) is 1.33. The lowest BCUT2D eigenvalue weighted by molar-refractivity contribution is 0.0602. The minimum Gasteiger partial charge on any atom is -0.505 e. The Kier molecular flexibility index (Phi) is 6.28. The van der Waals surface area contributed by atoms with E-state index in [1.807, 2.05) is 6.92 Å². The molecule has 0 unspecified atom stereocenters. The van der Waals surface area contributed by atoms with Gasteiger partial charge in [-0.1, -0.05) is 30.1 Å². The largest absolute Gasteiger partial charge is 0.505 e. The second-order valence-corrected chi connectivity index (χ2v) is 7.03. The molecule has 0 fully saturated rings. The van der Waals surface area contributed by atoms with Gasteiger partial charge >= 0.3 is 5.97 Å². The van der Waals surface area contributed by atoms with E-state index in [4.69, 9.17) is 40.2 Å². The molecular weight excluding hydrogens is 391 g/mol. The Morgan fingerprint density at radius 2 is 1.92 bits per heavy atom. The van der Waals surface area contributed by atoms with E-state index in [0.29, 0.717) is 16.3 Å². The Bertz CT molecular complexity index is 770. The minimum absolute atomic E-state index is 0.104. The van der Waals surface area contributed by atoms with Crippen molar-refractivity contribution in [3.63, 3.8) is 0 Å². The standard InChI is InChI=1S/C15H14Cl2N2O3S2/c1-3-8-6-9(14(21)22-2)13(24-8)19-15(23)18-7-4-10(16)12(20)11(17)5-7/h4-6,20H,3H2,1-2H3,(H2,18,19,23). The molecule has 0 aliphatic rings. The molecule has 2 rings (SSSR count). The van der Waals surface area contributed by atoms with E-state index in [1.54, 1.807) is 6.07 Å². The molecule has 1 aromatic carbocycles. The Morgan fingerprint density at radius 1 is 1.29 bits per heavy atom. The Hall–Kier alpha value is -1.54. The van der Waals surface area contributed by atoms with Crippen molar-refractivity contribution in [3.05, 3.63) is 38.7 Å². The van der Waals surface area contributed by atoms with E-state index in [2.05, 4.69) is 10.6 Å². The smallest absolute Gasteiger partial charge is 0.340 e. The van der Waals surface area contributed by atoms with Crippen LogP contribution in [0.4, 0.5) is 10.7 Å². The average Bonchev–Trinajstić information content (AvgIpc) is 2.94. The molecule has 128 valence electrons. The van der Waals surface area contributed by atoms with Gasteiger partial charge in [-0.25, -0.2) is 4.79 Å². The Labute approximate surface area is 158 Å². The number of halogens is 2. The Balaban J connectivity index is 2.18. The summed E-state index contributed by atoms with van der Waals surface area (Å²) in [5.41, 5.74) is 0.928. The van der Waals surface area contributed by atoms with E-state index >= 15 is 0 Å². The van der Waals surface area contributed by atoms with Gasteiger partial charge < -0.3 is 20.5 Å². The number of nitrogens with one attached hydrogen (secondary N) is 2. The summed E-state index contributed by atoms with van der Waals surface area (Å²) in [6.07, 6.45) is 0.791. The highest BCUT2D eigenvalue weighted by atomic mass is 35.5. The molecule has 2 aromatic rings. The second kappa shape index (κ2) is 8.02. The van der Waals surface area contributed by atoms with Gasteiger partial charge in [0.15, 0.2) is 10.9 Å². The molecule has 1 aromatic heterocycles. The van der Waals surface area contributed by atoms with Crippen LogP contribution in [0.25, 0.3) is 0 Å². The van der Waals surface area contributed by atoms with Crippen molar-refractivity contribution in [2.75, 3.05) is 17.7 Å². The second-order valence-electron chi connectivity index (χ2n) is 4.67. The predicted octanol–water partition coefficient (Wildman–Crippen LogP) is 4.92. The summed E-state index contributed by atoms with van der Waals surface area (Å²) in [6, 6.07) is 4.75. The van der Waals surface area contributed by atoms with Gasteiger partial charge in [-0.2, -0.15) is 0 Å². The highest BCUT2D eigenvalue weighted by Gasteiger charge is 2.17. The number of anilines is 2. The molecule has 24 heavy (non-hydrogen) atoms. The zero-order valence-electron chi connectivity index (χ0n) is 12.8. The van der Waals surface area contributed by atoms with Gasteiger partial charge in [0.05, 0.1) is 22.7 Å². The van der Waals surface area contributed by atoms with Gasteiger partial charge in [0, 0.05) is 10.6 Å². The highest BCUT2D eigenvalue weighted by molar-refractivity contribution is 7.80. The SMILES string of the molecule is CCc1cc(C(=O)OC)c(NC(=S)Nc2cc(Cl)c(O)c(Cl)c2)s1. The highest BCUT2D eigenvalue weighted by Crippen LogP contribution is 2.35. The topological polar surface area (TPSA) is 70.6 Å². The van der Waals surface area contributed by atoms with Crippen LogP contribution in [0.3, 0.4) is 0 Å². The molecule has 0 saturated heterocycles. The predicted molar refractivity (Wildman–Crippen MR) is 103 cm³/mol. The third kappa shape index (κ3) is 4.30. The van der Waals surface area contributed by atoms with Gasteiger partial charge in [0.1, 0.15) is 5.00 Å². The van der Waals surface area contributed by atoms with Crippen molar-refractivity contribution in [1.82, 2.24) is 0 Å². The van der Waals surface area contributed by atoms with E-state index < -0.39 is 5.97 Å². The number of esters is 1. The third-order valence-corrected chi connectivity index (χ3v) is 5.01. The number of phenolic OH excluding ortho intramolecular Hbond substituents is 1. The quantitative estimate of drug-likeness (QED) is 0.381. The first-order valence-electron chi connectivity index (χ1n) is 6.82. The maximum atomic E-state index is 11.8. The lowest BCUT2D eigenvalue weighted by Crippen LogP contribution is -2.19. The van der Waals surface area contributed by atoms with Gasteiger partial charge in [0.25, 0.3) is 0 Å². The van der Waals surface area contributed by atoms with Crippen molar-refractivity contribution in [3.8, 4) is 5.75 Å². The summed E-state index contributed by atoms with van der Waals surface area (Å²) in [5.74, 6) is -0.631. The van der Waals surface area contributed by atoms with Gasteiger partial charge in [-0.3, -0.25) is 0 Å². The number of ether oxygens (including phenoxy) is 1. The van der Waals surface area contributed by atoms with Gasteiger partial charge in [-0.15, -0.1) is 11.3 Å². The maximum Gasteiger partial charge on any atom is 0.340 e. The normalized spacial score (nSPS) is 10.3. The van der Waals surface area contributed by atoms with E-state index in [-0.39, 0.29) is 20.9 Å². The summed E-state index contributed by atoms with van der Waals surface area (Å²) >= 11 is 18.4. The number of carbonyl (C=O) groups is 1. The first-order valence-corrected chi connectivity index (χ1v) is 8.80. The molecule has 0 radical (unpaired) electrons. The molecular formula is C15H14Cl2N2O3S2. The number of benzene rings is 1. The lowest BCUT2D eigenvalue weighted by atomic mass is 10.2. The van der Waals surface area contributed by atoms with E-state index in [1.165, 1.54) is 30.6 Å². The lowest BCUT2D eigenvalue weighted by Gasteiger charge is -2.11. The van der Waals surface area contributed by atoms with Crippen LogP contribution in [-0.2, 0) is 11.2 Å². The maximum absolute atomic E-state index is 11.8. The molecule has 9 heteroatoms. The number of carbonyl (C=O) groups excluding carboxylic acids is 1. The zero-order valence-corrected chi connectivity index (χ0v) is 15.9. The van der Waals surface area contributed by atoms with Crippen LogP contribution in [0.1, 0.15) is 22.2 Å². The van der Waals surface area contributed by atoms with Crippen molar-refractivity contribution < 1.29 is 14.6 Å². The van der Waals surface area contributed by atoms with Crippen LogP contribution in [-0.4, -0.2) is 23.3 Å². The van der Waals surface area contributed by atoms with Crippen molar-refractivity contribution in [2.45, 2.75) is 13.3 Å². The number of thiocarbonyl (C=S) groups is 1. The first-order chi connectivity index (χ1) is 11.3. The first kappa shape index (κ1) is 18.8. The average molecular weight is 405 g/mol. The van der Waals surface area contributed by atoms with Crippen LogP contribution in [0, 0.1) is 0 Å². The number of aromatic hydroxyl groups is 1. The zero-order chi connectivity index (χ0) is 17.9. The fourth-order valence-corrected chi connectivity index (χ4v) is 3.63. The monoisotopic (exact) mass is 404 g/mol. The molecule has 0 amide bonds. The Morgan fingerprint density at radius 3 is 2.46 bits per heavy atom. The fraction of sp³-hybridized carbons (Fsp3) is 0.200. The summed E-state index contributed by atoms with van der Waals surface area (Å²) < 4.78 is 4.78. The minimum atomic E-state index is -0.438. The van der Waals surface area contributed by atoms with Crippen LogP contribution < -0.4 is 10.6 Å². The van der Waals surface area contributed by atoms with Crippen LogP contribution in [0.5, 0.6) is 5.75 Å². The molecule has 0 bridgehead atoms. The van der Waals surface area contributed by atoms with Crippen LogP contribution in [0.15, 0.2) is 18.2 Å². The van der Waals surface area contributed by atoms with Crippen LogP contribution >= 0.6 is 46.8 Å². The number of hydrogen-bond donors (Lipinski definition) is 3. The summed E-state index contributed by atoms with van der Waals surface area (Å²) in [6.45, 7) is 1.99. The molecule has 0 atom stereocenters. The molecule has 0 aliphatic carbocycles. The molecule has 5 nitrogen and oxygen atoms in total. The van der Waals surface area contributed by atoms with Crippen LogP contribution in [0.2, 0.25) is 10.0 Å². The summed E-state index contributed by atoms with van der Waals surface area (Å²) in [5, 5.41) is 16.5. The van der Waals surface area contributed by atoms with Crippen molar-refractivity contribution in [1.29, 1.82) is 0 Å². The summed E-state index contributed by atoms with van der Waals surface area (Å²) in [4.78, 5) is 12.9. The number of thiophene rings is 1. The van der Waals surface area contributed by atoms with E-state index in [0.717, 1.165) is 11.3 Å². The van der Waals surface area contributed by atoms with Crippen molar-refractivity contribution in [2.24, 2.45) is 0 Å². The fourth-order valence-electron chi connectivity index (χ4n) is 1.87. The number of aryl methyl sites for hydroxylation is 1. The molecule has 1 heterocycles. The molecule has 0 spiro atoms. The number of rotatable bonds is 4. The molecule has 0 aliphatic heterocycles. The van der Waals surface area contributed by atoms with Gasteiger partial charge in [-0.05, 0) is 36.8 Å². The number of hydrogen-bond acceptors (Lipinski definition) is 5. The third-order valence-electron chi connectivity index (χ3n) is 3.04. The number of phenols is 1. The van der Waals surface area contributed by atoms with E-state index in [9.17, 15) is 9.90 Å².